The lowest BCUT2D eigenvalue weighted by Crippen LogP contribution is -2.64. The Balaban J connectivity index is 2.11. The summed E-state index contributed by atoms with van der Waals surface area (Å²) in [6.07, 6.45) is -17.1. The Morgan fingerprint density at radius 1 is 0.815 bits per heavy atom. The number of aliphatic hydroxyl groups is 7. The van der Waals surface area contributed by atoms with Crippen LogP contribution in [-0.2, 0) is 23.3 Å². The van der Waals surface area contributed by atoms with Crippen molar-refractivity contribution in [1.29, 1.82) is 0 Å². The summed E-state index contributed by atoms with van der Waals surface area (Å²) in [6.45, 7) is -1.63. The highest BCUT2D eigenvalue weighted by molar-refractivity contribution is 7.46. The standard InChI is InChI=1S/C12H23O14P/c13-1-3-10(7(16)8(17)11(19)24-3)26-12-9(18)6(15)5(14)4(25-12)2-23-27(20,21)22/h3-19H,1-2H2,(H2,20,21,22)/t3-,4-,5+,6+,7-,8+,9-,10-,11?,12+/m1/s1. The molecule has 15 heteroatoms. The predicted octanol–water partition coefficient (Wildman–Crippen LogP) is -5.28. The smallest absolute Gasteiger partial charge is 0.394 e. The average Bonchev–Trinajstić information content (AvgIpc) is 2.60. The van der Waals surface area contributed by atoms with Crippen LogP contribution in [0.1, 0.15) is 0 Å². The molecule has 0 spiro atoms. The number of aliphatic hydroxyl groups excluding tert-OH is 7. The van der Waals surface area contributed by atoms with Crippen LogP contribution in [0.25, 0.3) is 0 Å². The van der Waals surface area contributed by atoms with E-state index in [4.69, 9.17) is 24.0 Å². The highest BCUT2D eigenvalue weighted by Crippen LogP contribution is 2.37. The normalized spacial score (nSPS) is 46.4. The number of rotatable bonds is 6. The Morgan fingerprint density at radius 2 is 1.44 bits per heavy atom. The van der Waals surface area contributed by atoms with Gasteiger partial charge in [0.15, 0.2) is 12.6 Å². The number of ether oxygens (including phenoxy) is 3. The summed E-state index contributed by atoms with van der Waals surface area (Å²) in [7, 11) is -4.92. The molecule has 0 saturated carbocycles. The first-order valence-corrected chi connectivity index (χ1v) is 9.35. The zero-order valence-corrected chi connectivity index (χ0v) is 14.6. The fourth-order valence-corrected chi connectivity index (χ4v) is 3.07. The minimum atomic E-state index is -4.92. The van der Waals surface area contributed by atoms with Gasteiger partial charge >= 0.3 is 7.82 Å². The van der Waals surface area contributed by atoms with Crippen LogP contribution in [-0.4, -0.2) is 120 Å². The van der Waals surface area contributed by atoms with Crippen LogP contribution < -0.4 is 0 Å². The minimum Gasteiger partial charge on any atom is -0.394 e. The van der Waals surface area contributed by atoms with E-state index >= 15 is 0 Å². The van der Waals surface area contributed by atoms with E-state index in [1.165, 1.54) is 0 Å². The van der Waals surface area contributed by atoms with Gasteiger partial charge in [-0.25, -0.2) is 4.57 Å². The van der Waals surface area contributed by atoms with Crippen molar-refractivity contribution < 1.29 is 68.8 Å². The van der Waals surface area contributed by atoms with Gasteiger partial charge in [0.1, 0.15) is 48.8 Å². The first-order chi connectivity index (χ1) is 12.5. The van der Waals surface area contributed by atoms with E-state index in [0.29, 0.717) is 0 Å². The molecule has 10 atom stereocenters. The molecule has 2 saturated heterocycles. The number of hydrogen-bond acceptors (Lipinski definition) is 12. The third kappa shape index (κ3) is 5.41. The summed E-state index contributed by atoms with van der Waals surface area (Å²) in [5.74, 6) is 0. The van der Waals surface area contributed by atoms with Crippen molar-refractivity contribution in [3.05, 3.63) is 0 Å². The highest BCUT2D eigenvalue weighted by Gasteiger charge is 2.50. The van der Waals surface area contributed by atoms with Crippen molar-refractivity contribution in [3.8, 4) is 0 Å². The van der Waals surface area contributed by atoms with Crippen LogP contribution in [0.15, 0.2) is 0 Å². The van der Waals surface area contributed by atoms with Crippen molar-refractivity contribution >= 4 is 7.82 Å². The molecular weight excluding hydrogens is 399 g/mol. The van der Waals surface area contributed by atoms with Crippen LogP contribution in [0, 0.1) is 0 Å². The van der Waals surface area contributed by atoms with Gasteiger partial charge in [0, 0.05) is 0 Å². The number of hydrogen-bond donors (Lipinski definition) is 9. The molecule has 2 aliphatic heterocycles. The second-order valence-electron chi connectivity index (χ2n) is 6.13. The quantitative estimate of drug-likeness (QED) is 0.182. The van der Waals surface area contributed by atoms with Crippen molar-refractivity contribution in [2.45, 2.75) is 61.4 Å². The maximum absolute atomic E-state index is 10.8. The first-order valence-electron chi connectivity index (χ1n) is 7.82. The lowest BCUT2D eigenvalue weighted by Gasteiger charge is -2.45. The molecule has 0 aromatic heterocycles. The zero-order chi connectivity index (χ0) is 20.5. The Morgan fingerprint density at radius 3 is 2.00 bits per heavy atom. The van der Waals surface area contributed by atoms with Crippen LogP contribution >= 0.6 is 7.82 Å². The summed E-state index contributed by atoms with van der Waals surface area (Å²) in [5.41, 5.74) is 0. The zero-order valence-electron chi connectivity index (χ0n) is 13.7. The molecular formula is C12H23O14P. The van der Waals surface area contributed by atoms with Gasteiger partial charge in [0.2, 0.25) is 0 Å². The van der Waals surface area contributed by atoms with E-state index in [9.17, 15) is 40.3 Å². The Hall–Kier alpha value is -0.290. The topological polar surface area (TPSA) is 236 Å². The third-order valence-electron chi connectivity index (χ3n) is 4.21. The predicted molar refractivity (Wildman–Crippen MR) is 79.5 cm³/mol. The van der Waals surface area contributed by atoms with E-state index in [1.807, 2.05) is 0 Å². The molecule has 0 amide bonds. The van der Waals surface area contributed by atoms with Gasteiger partial charge in [-0.1, -0.05) is 0 Å². The summed E-state index contributed by atoms with van der Waals surface area (Å²) in [4.78, 5) is 17.4. The number of phosphoric acid groups is 1. The molecule has 0 bridgehead atoms. The molecule has 2 rings (SSSR count). The Kier molecular flexibility index (Phi) is 7.68. The molecule has 27 heavy (non-hydrogen) atoms. The molecule has 14 nitrogen and oxygen atoms in total. The van der Waals surface area contributed by atoms with Gasteiger partial charge in [-0.15, -0.1) is 0 Å². The molecule has 9 N–H and O–H groups in total. The summed E-state index contributed by atoms with van der Waals surface area (Å²) in [5, 5.41) is 68.1. The molecule has 1 unspecified atom stereocenters. The van der Waals surface area contributed by atoms with Gasteiger partial charge in [0.25, 0.3) is 0 Å². The molecule has 160 valence electrons. The Bertz CT molecular complexity index is 526. The second-order valence-corrected chi connectivity index (χ2v) is 7.37. The maximum atomic E-state index is 10.8. The highest BCUT2D eigenvalue weighted by atomic mass is 31.2. The van der Waals surface area contributed by atoms with Crippen molar-refractivity contribution in [1.82, 2.24) is 0 Å². The van der Waals surface area contributed by atoms with E-state index in [1.54, 1.807) is 0 Å². The lowest BCUT2D eigenvalue weighted by atomic mass is 9.97. The first kappa shape index (κ1) is 23.0. The van der Waals surface area contributed by atoms with Crippen LogP contribution in [0.3, 0.4) is 0 Å². The van der Waals surface area contributed by atoms with Crippen molar-refractivity contribution in [3.63, 3.8) is 0 Å². The molecule has 2 fully saturated rings. The summed E-state index contributed by atoms with van der Waals surface area (Å²) < 4.78 is 30.3. The van der Waals surface area contributed by atoms with Gasteiger partial charge in [0.05, 0.1) is 13.2 Å². The number of phosphoric ester groups is 1. The fourth-order valence-electron chi connectivity index (χ4n) is 2.73. The van der Waals surface area contributed by atoms with Gasteiger partial charge < -0.3 is 59.7 Å². The van der Waals surface area contributed by atoms with Crippen molar-refractivity contribution in [2.24, 2.45) is 0 Å². The molecule has 0 radical (unpaired) electrons. The van der Waals surface area contributed by atoms with E-state index in [2.05, 4.69) is 4.52 Å². The summed E-state index contributed by atoms with van der Waals surface area (Å²) >= 11 is 0. The van der Waals surface area contributed by atoms with Crippen LogP contribution in [0.2, 0.25) is 0 Å². The third-order valence-corrected chi connectivity index (χ3v) is 4.69. The van der Waals surface area contributed by atoms with Gasteiger partial charge in [-0.3, -0.25) is 4.52 Å². The lowest BCUT2D eigenvalue weighted by molar-refractivity contribution is -0.354. The van der Waals surface area contributed by atoms with Gasteiger partial charge in [-0.2, -0.15) is 0 Å². The Labute approximate surface area is 152 Å². The van der Waals surface area contributed by atoms with E-state index in [-0.39, 0.29) is 0 Å². The van der Waals surface area contributed by atoms with Crippen LogP contribution in [0.5, 0.6) is 0 Å². The van der Waals surface area contributed by atoms with Crippen molar-refractivity contribution in [2.75, 3.05) is 13.2 Å². The second kappa shape index (κ2) is 9.02. The molecule has 2 heterocycles. The molecule has 0 aromatic carbocycles. The summed E-state index contributed by atoms with van der Waals surface area (Å²) in [6, 6.07) is 0. The van der Waals surface area contributed by atoms with Crippen LogP contribution in [0.4, 0.5) is 0 Å². The minimum absolute atomic E-state index is 0.760. The van der Waals surface area contributed by atoms with Gasteiger partial charge in [-0.05, 0) is 0 Å². The largest absolute Gasteiger partial charge is 0.469 e. The monoisotopic (exact) mass is 422 g/mol. The molecule has 0 aliphatic carbocycles. The molecule has 2 aliphatic rings. The van der Waals surface area contributed by atoms with E-state index in [0.717, 1.165) is 0 Å². The SMILES string of the molecule is O=P(O)(O)OC[C@H]1O[C@@H](O[C@H]2[C@H](O)[C@H](O)C(O)O[C@@H]2CO)[C@H](O)[C@@H](O)[C@H]1O. The molecule has 0 aromatic rings. The van der Waals surface area contributed by atoms with E-state index < -0.39 is 82.4 Å². The average molecular weight is 422 g/mol. The fraction of sp³-hybridized carbons (Fsp3) is 1.00. The maximum Gasteiger partial charge on any atom is 0.469 e.